The second-order valence-electron chi connectivity index (χ2n) is 8.03. The van der Waals surface area contributed by atoms with Crippen molar-refractivity contribution in [1.82, 2.24) is 5.32 Å². The number of carbonyl (C=O) groups is 1. The van der Waals surface area contributed by atoms with Crippen LogP contribution in [0.25, 0.3) is 0 Å². The zero-order valence-corrected chi connectivity index (χ0v) is 16.2. The van der Waals surface area contributed by atoms with E-state index in [9.17, 15) is 4.79 Å². The fourth-order valence-corrected chi connectivity index (χ4v) is 2.01. The molecule has 4 nitrogen and oxygen atoms in total. The fraction of sp³-hybridized carbons (Fsp3) is 0.812. The van der Waals surface area contributed by atoms with Gasteiger partial charge >= 0.3 is 6.09 Å². The third-order valence-electron chi connectivity index (χ3n) is 3.52. The van der Waals surface area contributed by atoms with Gasteiger partial charge in [0.05, 0.1) is 6.26 Å². The third-order valence-corrected chi connectivity index (χ3v) is 7.86. The summed E-state index contributed by atoms with van der Waals surface area (Å²) >= 11 is 0. The van der Waals surface area contributed by atoms with E-state index >= 15 is 0 Å². The van der Waals surface area contributed by atoms with Crippen molar-refractivity contribution in [1.29, 1.82) is 0 Å². The van der Waals surface area contributed by atoms with Crippen LogP contribution in [0.3, 0.4) is 0 Å². The SMILES string of the molecule is CC(CC=CO[Si](C)(C)C(C)(C)C)NC(=O)OC(C)(C)C. The minimum atomic E-state index is -1.74. The number of ether oxygens (including phenoxy) is 1. The van der Waals surface area contributed by atoms with E-state index in [1.54, 1.807) is 6.26 Å². The first-order valence-electron chi connectivity index (χ1n) is 7.57. The van der Waals surface area contributed by atoms with Crippen molar-refractivity contribution in [3.8, 4) is 0 Å². The molecule has 1 amide bonds. The Morgan fingerprint density at radius 2 is 1.71 bits per heavy atom. The van der Waals surface area contributed by atoms with E-state index < -0.39 is 13.9 Å². The van der Waals surface area contributed by atoms with E-state index in [-0.39, 0.29) is 17.2 Å². The molecule has 5 heteroatoms. The Hall–Kier alpha value is -0.973. The molecule has 0 aromatic heterocycles. The number of nitrogens with one attached hydrogen (secondary N) is 1. The summed E-state index contributed by atoms with van der Waals surface area (Å²) in [5.74, 6) is 0. The third kappa shape index (κ3) is 8.81. The summed E-state index contributed by atoms with van der Waals surface area (Å²) in [5.41, 5.74) is -0.467. The lowest BCUT2D eigenvalue weighted by Gasteiger charge is -2.35. The first-order chi connectivity index (χ1) is 9.24. The topological polar surface area (TPSA) is 47.6 Å². The molecular weight excluding hydrogens is 282 g/mol. The Kier molecular flexibility index (Phi) is 7.00. The zero-order valence-electron chi connectivity index (χ0n) is 15.2. The van der Waals surface area contributed by atoms with Crippen LogP contribution in [-0.4, -0.2) is 26.1 Å². The van der Waals surface area contributed by atoms with Gasteiger partial charge in [-0.15, -0.1) is 0 Å². The summed E-state index contributed by atoms with van der Waals surface area (Å²) in [5, 5.41) is 3.00. The van der Waals surface area contributed by atoms with Gasteiger partial charge in [-0.2, -0.15) is 0 Å². The number of amides is 1. The molecule has 0 saturated carbocycles. The summed E-state index contributed by atoms with van der Waals surface area (Å²) in [6.45, 7) is 18.5. The predicted octanol–water partition coefficient (Wildman–Crippen LogP) is 4.83. The number of hydrogen-bond acceptors (Lipinski definition) is 3. The summed E-state index contributed by atoms with van der Waals surface area (Å²) in [6, 6.07) is 0.0131. The van der Waals surface area contributed by atoms with Crippen LogP contribution in [0.4, 0.5) is 4.79 Å². The Bertz CT molecular complexity index is 365. The molecule has 0 bridgehead atoms. The van der Waals surface area contributed by atoms with Crippen LogP contribution >= 0.6 is 0 Å². The van der Waals surface area contributed by atoms with Crippen LogP contribution in [0.2, 0.25) is 18.1 Å². The van der Waals surface area contributed by atoms with E-state index in [4.69, 9.17) is 9.16 Å². The van der Waals surface area contributed by atoms with Crippen LogP contribution in [0.1, 0.15) is 54.9 Å². The van der Waals surface area contributed by atoms with Gasteiger partial charge in [0, 0.05) is 6.04 Å². The molecule has 0 aliphatic heterocycles. The molecule has 1 unspecified atom stereocenters. The van der Waals surface area contributed by atoms with Crippen molar-refractivity contribution in [3.63, 3.8) is 0 Å². The minimum absolute atomic E-state index is 0.0131. The molecule has 1 N–H and O–H groups in total. The normalized spacial score (nSPS) is 14.9. The van der Waals surface area contributed by atoms with Crippen molar-refractivity contribution >= 4 is 14.4 Å². The number of hydrogen-bond donors (Lipinski definition) is 1. The highest BCUT2D eigenvalue weighted by molar-refractivity contribution is 6.74. The first-order valence-corrected chi connectivity index (χ1v) is 10.5. The van der Waals surface area contributed by atoms with E-state index in [1.807, 2.05) is 33.8 Å². The van der Waals surface area contributed by atoms with Gasteiger partial charge in [-0.05, 0) is 58.3 Å². The van der Waals surface area contributed by atoms with Gasteiger partial charge in [0.25, 0.3) is 0 Å². The molecule has 124 valence electrons. The summed E-state index contributed by atoms with van der Waals surface area (Å²) in [7, 11) is -1.74. The summed E-state index contributed by atoms with van der Waals surface area (Å²) < 4.78 is 11.2. The first kappa shape index (κ1) is 20.0. The van der Waals surface area contributed by atoms with Crippen LogP contribution in [0, 0.1) is 0 Å². The van der Waals surface area contributed by atoms with Crippen molar-refractivity contribution in [2.75, 3.05) is 0 Å². The van der Waals surface area contributed by atoms with Gasteiger partial charge in [0.2, 0.25) is 8.32 Å². The number of carbonyl (C=O) groups excluding carboxylic acids is 1. The second kappa shape index (κ2) is 7.34. The molecule has 0 fully saturated rings. The lowest BCUT2D eigenvalue weighted by molar-refractivity contribution is 0.0509. The quantitative estimate of drug-likeness (QED) is 0.584. The molecule has 0 aliphatic rings. The molecule has 0 saturated heterocycles. The van der Waals surface area contributed by atoms with Gasteiger partial charge < -0.3 is 14.5 Å². The van der Waals surface area contributed by atoms with Crippen LogP contribution in [-0.2, 0) is 9.16 Å². The van der Waals surface area contributed by atoms with E-state index in [0.717, 1.165) is 0 Å². The molecule has 21 heavy (non-hydrogen) atoms. The second-order valence-corrected chi connectivity index (χ2v) is 12.8. The number of rotatable bonds is 5. The maximum atomic E-state index is 11.6. The molecular formula is C16H33NO3Si. The molecule has 1 atom stereocenters. The minimum Gasteiger partial charge on any atom is -0.549 e. The highest BCUT2D eigenvalue weighted by Gasteiger charge is 2.37. The Morgan fingerprint density at radius 3 is 2.14 bits per heavy atom. The van der Waals surface area contributed by atoms with Crippen molar-refractivity contribution in [2.45, 2.75) is 84.7 Å². The van der Waals surface area contributed by atoms with Crippen LogP contribution in [0.15, 0.2) is 12.3 Å². The van der Waals surface area contributed by atoms with Crippen molar-refractivity contribution in [3.05, 3.63) is 12.3 Å². The molecule has 0 aromatic carbocycles. The Morgan fingerprint density at radius 1 is 1.19 bits per heavy atom. The van der Waals surface area contributed by atoms with E-state index in [1.165, 1.54) is 0 Å². The lowest BCUT2D eigenvalue weighted by atomic mass is 10.2. The molecule has 0 aromatic rings. The maximum absolute atomic E-state index is 11.6. The smallest absolute Gasteiger partial charge is 0.407 e. The molecule has 0 heterocycles. The number of alkyl carbamates (subject to hydrolysis) is 1. The maximum Gasteiger partial charge on any atom is 0.407 e. The van der Waals surface area contributed by atoms with Crippen molar-refractivity contribution in [2.24, 2.45) is 0 Å². The van der Waals surface area contributed by atoms with E-state index in [0.29, 0.717) is 6.42 Å². The average Bonchev–Trinajstić information content (AvgIpc) is 2.19. The highest BCUT2D eigenvalue weighted by atomic mass is 28.4. The van der Waals surface area contributed by atoms with Gasteiger partial charge in [-0.25, -0.2) is 4.79 Å². The fourth-order valence-electron chi connectivity index (χ4n) is 1.22. The van der Waals surface area contributed by atoms with Crippen LogP contribution < -0.4 is 5.32 Å². The van der Waals surface area contributed by atoms with Gasteiger partial charge in [0.15, 0.2) is 0 Å². The van der Waals surface area contributed by atoms with Gasteiger partial charge in [0.1, 0.15) is 5.60 Å². The predicted molar refractivity (Wildman–Crippen MR) is 90.9 cm³/mol. The Labute approximate surface area is 131 Å². The Balaban J connectivity index is 4.18. The van der Waals surface area contributed by atoms with E-state index in [2.05, 4.69) is 39.2 Å². The van der Waals surface area contributed by atoms with Gasteiger partial charge in [-0.1, -0.05) is 20.8 Å². The molecule has 0 spiro atoms. The average molecular weight is 316 g/mol. The lowest BCUT2D eigenvalue weighted by Crippen LogP contribution is -2.39. The monoisotopic (exact) mass is 315 g/mol. The van der Waals surface area contributed by atoms with Crippen molar-refractivity contribution < 1.29 is 14.0 Å². The summed E-state index contributed by atoms with van der Waals surface area (Å²) in [6.07, 6.45) is 4.08. The largest absolute Gasteiger partial charge is 0.549 e. The highest BCUT2D eigenvalue weighted by Crippen LogP contribution is 2.36. The molecule has 0 aliphatic carbocycles. The molecule has 0 radical (unpaired) electrons. The summed E-state index contributed by atoms with van der Waals surface area (Å²) in [4.78, 5) is 11.6. The zero-order chi connectivity index (χ0) is 16.9. The van der Waals surface area contributed by atoms with Crippen LogP contribution in [0.5, 0.6) is 0 Å². The van der Waals surface area contributed by atoms with Gasteiger partial charge in [-0.3, -0.25) is 0 Å². The standard InChI is InChI=1S/C16H33NO3Si/c1-13(17-14(18)20-15(2,3)4)11-10-12-19-21(8,9)16(5,6)7/h10,12-13H,11H2,1-9H3,(H,17,18). The molecule has 0 rings (SSSR count).